The highest BCUT2D eigenvalue weighted by Gasteiger charge is 2.06. The molecule has 27 heavy (non-hydrogen) atoms. The van der Waals surface area contributed by atoms with E-state index in [0.717, 1.165) is 37.3 Å². The van der Waals surface area contributed by atoms with Crippen LogP contribution in [-0.2, 0) is 11.2 Å². The molecule has 146 valence electrons. The van der Waals surface area contributed by atoms with Crippen molar-refractivity contribution < 1.29 is 4.79 Å². The number of benzene rings is 2. The van der Waals surface area contributed by atoms with Gasteiger partial charge in [-0.1, -0.05) is 12.1 Å². The second-order valence-electron chi connectivity index (χ2n) is 6.16. The number of thioether (sulfide) groups is 1. The number of anilines is 2. The van der Waals surface area contributed by atoms with Crippen molar-refractivity contribution in [3.8, 4) is 0 Å². The van der Waals surface area contributed by atoms with Crippen LogP contribution in [0.3, 0.4) is 0 Å². The molecule has 2 aromatic carbocycles. The fourth-order valence-corrected chi connectivity index (χ4v) is 3.61. The molecular formula is C21H26Cl2N2OS. The summed E-state index contributed by atoms with van der Waals surface area (Å²) in [7, 11) is 0. The first-order valence-corrected chi connectivity index (χ1v) is 11.4. The van der Waals surface area contributed by atoms with E-state index in [1.54, 1.807) is 11.8 Å². The van der Waals surface area contributed by atoms with Gasteiger partial charge in [0, 0.05) is 47.5 Å². The van der Waals surface area contributed by atoms with Gasteiger partial charge in [-0.25, -0.2) is 0 Å². The highest BCUT2D eigenvalue weighted by Crippen LogP contribution is 2.19. The first-order valence-electron chi connectivity index (χ1n) is 9.06. The highest BCUT2D eigenvalue weighted by atomic mass is 35.5. The lowest BCUT2D eigenvalue weighted by atomic mass is 10.1. The molecular weight excluding hydrogens is 399 g/mol. The van der Waals surface area contributed by atoms with Crippen molar-refractivity contribution in [3.63, 3.8) is 0 Å². The van der Waals surface area contributed by atoms with E-state index in [2.05, 4.69) is 34.5 Å². The Labute approximate surface area is 176 Å². The second kappa shape index (κ2) is 12.2. The summed E-state index contributed by atoms with van der Waals surface area (Å²) in [5, 5.41) is 2.95. The summed E-state index contributed by atoms with van der Waals surface area (Å²) in [5.74, 6) is 1.21. The van der Waals surface area contributed by atoms with Gasteiger partial charge in [0.25, 0.3) is 0 Å². The molecule has 0 bridgehead atoms. The number of nitrogens with zero attached hydrogens (tertiary/aromatic N) is 1. The predicted octanol–water partition coefficient (Wildman–Crippen LogP) is 5.65. The Balaban J connectivity index is 1.77. The molecule has 0 aliphatic heterocycles. The lowest BCUT2D eigenvalue weighted by Gasteiger charge is -2.23. The van der Waals surface area contributed by atoms with Crippen LogP contribution in [0, 0.1) is 0 Å². The van der Waals surface area contributed by atoms with Gasteiger partial charge in [-0.3, -0.25) is 4.79 Å². The normalized spacial score (nSPS) is 10.6. The van der Waals surface area contributed by atoms with E-state index in [4.69, 9.17) is 23.2 Å². The number of hydrogen-bond donors (Lipinski definition) is 1. The van der Waals surface area contributed by atoms with E-state index in [9.17, 15) is 4.79 Å². The molecule has 0 unspecified atom stereocenters. The van der Waals surface area contributed by atoms with E-state index in [-0.39, 0.29) is 5.91 Å². The number of halogens is 2. The summed E-state index contributed by atoms with van der Waals surface area (Å²) in [4.78, 5) is 15.5. The van der Waals surface area contributed by atoms with Crippen LogP contribution in [0.1, 0.15) is 18.4 Å². The van der Waals surface area contributed by atoms with Gasteiger partial charge in [-0.2, -0.15) is 0 Å². The quantitative estimate of drug-likeness (QED) is 0.373. The minimum atomic E-state index is 0.0546. The van der Waals surface area contributed by atoms with Crippen LogP contribution >= 0.6 is 35.0 Å². The number of nitrogens with one attached hydrogen (secondary N) is 1. The topological polar surface area (TPSA) is 32.3 Å². The molecule has 3 nitrogen and oxygen atoms in total. The van der Waals surface area contributed by atoms with Crippen molar-refractivity contribution >= 4 is 52.2 Å². The Hall–Kier alpha value is -1.36. The standard InChI is InChI=1S/C21H26Cl2N2OS/c1-27-20-11-7-18(8-12-20)24-21(26)4-2-3-17-5-9-19(10-6-17)25(15-13-22)16-14-23/h5-12H,2-4,13-16H2,1H3,(H,24,26). The summed E-state index contributed by atoms with van der Waals surface area (Å²) in [6.45, 7) is 1.57. The van der Waals surface area contributed by atoms with Gasteiger partial charge in [0.1, 0.15) is 0 Å². The number of amides is 1. The van der Waals surface area contributed by atoms with Crippen LogP contribution in [0.25, 0.3) is 0 Å². The van der Waals surface area contributed by atoms with Crippen molar-refractivity contribution in [3.05, 3.63) is 54.1 Å². The third kappa shape index (κ3) is 7.65. The molecule has 0 atom stereocenters. The zero-order valence-corrected chi connectivity index (χ0v) is 17.9. The molecule has 0 saturated carbocycles. The average Bonchev–Trinajstić information content (AvgIpc) is 2.69. The Bertz CT molecular complexity index is 686. The van der Waals surface area contributed by atoms with Gasteiger partial charge >= 0.3 is 0 Å². The van der Waals surface area contributed by atoms with E-state index in [1.807, 2.05) is 30.5 Å². The number of rotatable bonds is 11. The van der Waals surface area contributed by atoms with Gasteiger partial charge in [0.05, 0.1) is 0 Å². The number of aryl methyl sites for hydroxylation is 1. The van der Waals surface area contributed by atoms with E-state index < -0.39 is 0 Å². The summed E-state index contributed by atoms with van der Waals surface area (Å²) in [6.07, 6.45) is 4.25. The molecule has 1 amide bonds. The molecule has 0 aliphatic carbocycles. The smallest absolute Gasteiger partial charge is 0.224 e. The van der Waals surface area contributed by atoms with Crippen molar-refractivity contribution in [1.82, 2.24) is 0 Å². The van der Waals surface area contributed by atoms with Crippen molar-refractivity contribution in [2.45, 2.75) is 24.2 Å². The average molecular weight is 425 g/mol. The number of alkyl halides is 2. The first-order chi connectivity index (χ1) is 13.2. The zero-order chi connectivity index (χ0) is 19.5. The summed E-state index contributed by atoms with van der Waals surface area (Å²) in [6, 6.07) is 16.3. The van der Waals surface area contributed by atoms with Crippen LogP contribution in [0.2, 0.25) is 0 Å². The molecule has 1 N–H and O–H groups in total. The van der Waals surface area contributed by atoms with Crippen molar-refractivity contribution in [1.29, 1.82) is 0 Å². The SMILES string of the molecule is CSc1ccc(NC(=O)CCCc2ccc(N(CCCl)CCCl)cc2)cc1. The highest BCUT2D eigenvalue weighted by molar-refractivity contribution is 7.98. The Morgan fingerprint density at radius 3 is 2.19 bits per heavy atom. The lowest BCUT2D eigenvalue weighted by molar-refractivity contribution is -0.116. The van der Waals surface area contributed by atoms with E-state index in [1.165, 1.54) is 10.5 Å². The predicted molar refractivity (Wildman–Crippen MR) is 120 cm³/mol. The molecule has 0 spiro atoms. The monoisotopic (exact) mass is 424 g/mol. The maximum Gasteiger partial charge on any atom is 0.224 e. The second-order valence-corrected chi connectivity index (χ2v) is 7.80. The molecule has 0 aromatic heterocycles. The maximum atomic E-state index is 12.1. The summed E-state index contributed by atoms with van der Waals surface area (Å²) >= 11 is 13.4. The van der Waals surface area contributed by atoms with Gasteiger partial charge in [0.15, 0.2) is 0 Å². The lowest BCUT2D eigenvalue weighted by Crippen LogP contribution is -2.27. The van der Waals surface area contributed by atoms with Crippen molar-refractivity contribution in [2.75, 3.05) is 41.3 Å². The minimum Gasteiger partial charge on any atom is -0.369 e. The molecule has 2 aromatic rings. The largest absolute Gasteiger partial charge is 0.369 e. The zero-order valence-electron chi connectivity index (χ0n) is 15.6. The van der Waals surface area contributed by atoms with E-state index in [0.29, 0.717) is 18.2 Å². The van der Waals surface area contributed by atoms with Gasteiger partial charge in [-0.05, 0) is 61.1 Å². The molecule has 6 heteroatoms. The molecule has 0 radical (unpaired) electrons. The molecule has 0 aliphatic rings. The Kier molecular flexibility index (Phi) is 9.89. The van der Waals surface area contributed by atoms with Crippen LogP contribution < -0.4 is 10.2 Å². The Morgan fingerprint density at radius 2 is 1.63 bits per heavy atom. The minimum absolute atomic E-state index is 0.0546. The number of hydrogen-bond acceptors (Lipinski definition) is 3. The van der Waals surface area contributed by atoms with Crippen LogP contribution in [0.15, 0.2) is 53.4 Å². The Morgan fingerprint density at radius 1 is 1.00 bits per heavy atom. The third-order valence-electron chi connectivity index (χ3n) is 4.25. The van der Waals surface area contributed by atoms with Gasteiger partial charge < -0.3 is 10.2 Å². The van der Waals surface area contributed by atoms with Crippen LogP contribution in [0.4, 0.5) is 11.4 Å². The van der Waals surface area contributed by atoms with Crippen LogP contribution in [-0.4, -0.2) is 37.0 Å². The van der Waals surface area contributed by atoms with Gasteiger partial charge in [-0.15, -0.1) is 35.0 Å². The van der Waals surface area contributed by atoms with Crippen molar-refractivity contribution in [2.24, 2.45) is 0 Å². The third-order valence-corrected chi connectivity index (χ3v) is 5.34. The number of carbonyl (C=O) groups is 1. The molecule has 0 fully saturated rings. The number of carbonyl (C=O) groups excluding carboxylic acids is 1. The summed E-state index contributed by atoms with van der Waals surface area (Å²) < 4.78 is 0. The first kappa shape index (κ1) is 21.9. The summed E-state index contributed by atoms with van der Waals surface area (Å²) in [5.41, 5.74) is 3.21. The fraction of sp³-hybridized carbons (Fsp3) is 0.381. The molecule has 2 rings (SSSR count). The fourth-order valence-electron chi connectivity index (χ4n) is 2.80. The van der Waals surface area contributed by atoms with Gasteiger partial charge in [0.2, 0.25) is 5.91 Å². The van der Waals surface area contributed by atoms with Crippen LogP contribution in [0.5, 0.6) is 0 Å². The maximum absolute atomic E-state index is 12.1. The molecule has 0 heterocycles. The van der Waals surface area contributed by atoms with E-state index >= 15 is 0 Å². The molecule has 0 saturated heterocycles.